The molecule has 8 heteroatoms. The lowest BCUT2D eigenvalue weighted by atomic mass is 9.98. The Bertz CT molecular complexity index is 1050. The first kappa shape index (κ1) is 22.8. The zero-order chi connectivity index (χ0) is 23.8. The van der Waals surface area contributed by atoms with E-state index in [1.54, 1.807) is 13.8 Å². The summed E-state index contributed by atoms with van der Waals surface area (Å²) in [6, 6.07) is 16.1. The number of fused-ring (bicyclic) bond motifs is 3. The maximum absolute atomic E-state index is 13.1. The predicted molar refractivity (Wildman–Crippen MR) is 121 cm³/mol. The van der Waals surface area contributed by atoms with Crippen LogP contribution in [0.5, 0.6) is 0 Å². The van der Waals surface area contributed by atoms with E-state index in [4.69, 9.17) is 9.47 Å². The number of morpholine rings is 1. The molecule has 2 N–H and O–H groups in total. The van der Waals surface area contributed by atoms with Gasteiger partial charge in [-0.25, -0.2) is 9.59 Å². The third kappa shape index (κ3) is 4.30. The van der Waals surface area contributed by atoms with E-state index in [0.717, 1.165) is 22.3 Å². The first-order chi connectivity index (χ1) is 15.6. The highest BCUT2D eigenvalue weighted by Crippen LogP contribution is 2.44. The molecule has 0 spiro atoms. The van der Waals surface area contributed by atoms with Gasteiger partial charge in [0.05, 0.1) is 13.2 Å². The van der Waals surface area contributed by atoms with Gasteiger partial charge in [0, 0.05) is 12.5 Å². The predicted octanol–water partition coefficient (Wildman–Crippen LogP) is 3.01. The van der Waals surface area contributed by atoms with E-state index in [-0.39, 0.29) is 32.2 Å². The fraction of sp³-hybridized carbons (Fsp3) is 0.400. The number of nitrogens with zero attached hydrogens (tertiary/aromatic N) is 1. The third-order valence-electron chi connectivity index (χ3n) is 6.31. The van der Waals surface area contributed by atoms with E-state index in [2.05, 4.69) is 17.4 Å². The van der Waals surface area contributed by atoms with E-state index in [1.165, 1.54) is 11.8 Å². The van der Waals surface area contributed by atoms with E-state index in [1.807, 2.05) is 36.4 Å². The molecular formula is C25H28N2O6. The van der Waals surface area contributed by atoms with Crippen LogP contribution in [0.25, 0.3) is 11.1 Å². The average molecular weight is 453 g/mol. The molecule has 0 saturated carbocycles. The standard InChI is InChI=1S/C25H28N2O6/c1-24(2,21(28)27-12-13-33-25(3,15-27)22(29)30)26-23(31)32-14-20-18-10-6-4-8-16(18)17-9-5-7-11-19(17)20/h4-11,20H,12-15H2,1-3H3,(H,26,31)(H,29,30). The lowest BCUT2D eigenvalue weighted by Crippen LogP contribution is -2.62. The summed E-state index contributed by atoms with van der Waals surface area (Å²) in [7, 11) is 0. The van der Waals surface area contributed by atoms with E-state index in [9.17, 15) is 19.5 Å². The van der Waals surface area contributed by atoms with Crippen LogP contribution in [-0.4, -0.2) is 65.4 Å². The minimum absolute atomic E-state index is 0.0857. The second-order valence-electron chi connectivity index (χ2n) is 9.19. The smallest absolute Gasteiger partial charge is 0.408 e. The van der Waals surface area contributed by atoms with Gasteiger partial charge in [0.25, 0.3) is 0 Å². The number of nitrogens with one attached hydrogen (secondary N) is 1. The molecule has 1 saturated heterocycles. The summed E-state index contributed by atoms with van der Waals surface area (Å²) in [5.74, 6) is -1.62. The Labute approximate surface area is 192 Å². The fourth-order valence-electron chi connectivity index (χ4n) is 4.51. The number of aliphatic carboxylic acids is 1. The van der Waals surface area contributed by atoms with Gasteiger partial charge < -0.3 is 24.8 Å². The second-order valence-corrected chi connectivity index (χ2v) is 9.19. The number of rotatable bonds is 5. The normalized spacial score (nSPS) is 20.0. The van der Waals surface area contributed by atoms with Crippen molar-refractivity contribution in [2.75, 3.05) is 26.3 Å². The molecule has 1 aliphatic heterocycles. The summed E-state index contributed by atoms with van der Waals surface area (Å²) < 4.78 is 10.9. The van der Waals surface area contributed by atoms with Crippen molar-refractivity contribution in [3.8, 4) is 11.1 Å². The van der Waals surface area contributed by atoms with Gasteiger partial charge in [0.2, 0.25) is 5.91 Å². The maximum Gasteiger partial charge on any atom is 0.408 e. The van der Waals surface area contributed by atoms with Crippen LogP contribution in [0.3, 0.4) is 0 Å². The van der Waals surface area contributed by atoms with Gasteiger partial charge >= 0.3 is 12.1 Å². The Morgan fingerprint density at radius 2 is 1.70 bits per heavy atom. The lowest BCUT2D eigenvalue weighted by Gasteiger charge is -2.40. The second kappa shape index (κ2) is 8.51. The summed E-state index contributed by atoms with van der Waals surface area (Å²) in [6.45, 7) is 4.97. The molecular weight excluding hydrogens is 424 g/mol. The Hall–Kier alpha value is -3.39. The Morgan fingerprint density at radius 1 is 1.12 bits per heavy atom. The van der Waals surface area contributed by atoms with Crippen molar-refractivity contribution in [1.29, 1.82) is 0 Å². The quantitative estimate of drug-likeness (QED) is 0.723. The van der Waals surface area contributed by atoms with Gasteiger partial charge in [0.15, 0.2) is 5.60 Å². The zero-order valence-corrected chi connectivity index (χ0v) is 19.0. The van der Waals surface area contributed by atoms with Crippen molar-refractivity contribution >= 4 is 18.0 Å². The maximum atomic E-state index is 13.1. The molecule has 4 rings (SSSR count). The number of carboxylic acid groups (broad SMARTS) is 1. The van der Waals surface area contributed by atoms with Crippen molar-refractivity contribution in [1.82, 2.24) is 10.2 Å². The van der Waals surface area contributed by atoms with Crippen molar-refractivity contribution in [2.45, 2.75) is 37.8 Å². The number of carboxylic acids is 1. The molecule has 1 unspecified atom stereocenters. The van der Waals surface area contributed by atoms with Gasteiger partial charge in [-0.3, -0.25) is 4.79 Å². The van der Waals surface area contributed by atoms with Gasteiger partial charge in [-0.2, -0.15) is 0 Å². The van der Waals surface area contributed by atoms with Crippen LogP contribution in [0.15, 0.2) is 48.5 Å². The molecule has 1 fully saturated rings. The van der Waals surface area contributed by atoms with Crippen molar-refractivity contribution in [3.05, 3.63) is 59.7 Å². The highest BCUT2D eigenvalue weighted by atomic mass is 16.5. The number of hydrogen-bond acceptors (Lipinski definition) is 5. The van der Waals surface area contributed by atoms with Crippen LogP contribution < -0.4 is 5.32 Å². The Morgan fingerprint density at radius 3 is 2.27 bits per heavy atom. The van der Waals surface area contributed by atoms with Gasteiger partial charge in [-0.1, -0.05) is 48.5 Å². The summed E-state index contributed by atoms with van der Waals surface area (Å²) in [5.41, 5.74) is 1.71. The average Bonchev–Trinajstić information content (AvgIpc) is 3.10. The molecule has 8 nitrogen and oxygen atoms in total. The summed E-state index contributed by atoms with van der Waals surface area (Å²) in [5, 5.41) is 12.0. The van der Waals surface area contributed by atoms with Crippen LogP contribution in [0.4, 0.5) is 4.79 Å². The number of benzene rings is 2. The topological polar surface area (TPSA) is 105 Å². The van der Waals surface area contributed by atoms with Crippen LogP contribution in [0, 0.1) is 0 Å². The molecule has 0 radical (unpaired) electrons. The summed E-state index contributed by atoms with van der Waals surface area (Å²) in [6.07, 6.45) is -0.704. The molecule has 33 heavy (non-hydrogen) atoms. The SMILES string of the molecule is CC(C)(NC(=O)OCC1c2ccccc2-c2ccccc21)C(=O)N1CCOC(C)(C(=O)O)C1. The van der Waals surface area contributed by atoms with E-state index >= 15 is 0 Å². The molecule has 174 valence electrons. The highest BCUT2D eigenvalue weighted by Gasteiger charge is 2.44. The summed E-state index contributed by atoms with van der Waals surface area (Å²) >= 11 is 0. The van der Waals surface area contributed by atoms with Crippen LogP contribution in [0.2, 0.25) is 0 Å². The zero-order valence-electron chi connectivity index (χ0n) is 19.0. The molecule has 0 aromatic heterocycles. The Kier molecular flexibility index (Phi) is 5.88. The largest absolute Gasteiger partial charge is 0.479 e. The summed E-state index contributed by atoms with van der Waals surface area (Å²) in [4.78, 5) is 38.6. The highest BCUT2D eigenvalue weighted by molar-refractivity contribution is 5.90. The molecule has 2 amide bonds. The van der Waals surface area contributed by atoms with Crippen molar-refractivity contribution in [3.63, 3.8) is 0 Å². The van der Waals surface area contributed by atoms with Gasteiger partial charge in [-0.15, -0.1) is 0 Å². The van der Waals surface area contributed by atoms with E-state index < -0.39 is 29.1 Å². The van der Waals surface area contributed by atoms with Gasteiger partial charge in [-0.05, 0) is 43.0 Å². The minimum atomic E-state index is -1.48. The number of alkyl carbamates (subject to hydrolysis) is 1. The molecule has 2 aliphatic rings. The van der Waals surface area contributed by atoms with E-state index in [0.29, 0.717) is 0 Å². The lowest BCUT2D eigenvalue weighted by molar-refractivity contribution is -0.178. The molecule has 1 heterocycles. The third-order valence-corrected chi connectivity index (χ3v) is 6.31. The monoisotopic (exact) mass is 452 g/mol. The molecule has 0 bridgehead atoms. The Balaban J connectivity index is 1.41. The number of carbonyl (C=O) groups is 3. The first-order valence-corrected chi connectivity index (χ1v) is 10.9. The van der Waals surface area contributed by atoms with Crippen LogP contribution in [-0.2, 0) is 19.1 Å². The van der Waals surface area contributed by atoms with Crippen molar-refractivity contribution < 1.29 is 29.0 Å². The number of amides is 2. The van der Waals surface area contributed by atoms with Gasteiger partial charge in [0.1, 0.15) is 12.1 Å². The molecule has 2 aromatic carbocycles. The number of carbonyl (C=O) groups excluding carboxylic acids is 2. The molecule has 1 aliphatic carbocycles. The fourth-order valence-corrected chi connectivity index (χ4v) is 4.51. The molecule has 1 atom stereocenters. The minimum Gasteiger partial charge on any atom is -0.479 e. The number of ether oxygens (including phenoxy) is 2. The first-order valence-electron chi connectivity index (χ1n) is 10.9. The number of hydrogen-bond donors (Lipinski definition) is 2. The van der Waals surface area contributed by atoms with Crippen LogP contribution in [0.1, 0.15) is 37.8 Å². The van der Waals surface area contributed by atoms with Crippen LogP contribution >= 0.6 is 0 Å². The molecule has 2 aromatic rings. The van der Waals surface area contributed by atoms with Crippen molar-refractivity contribution in [2.24, 2.45) is 0 Å².